The Hall–Kier alpha value is -0.545. The molecule has 1 fully saturated rings. The smallest absolute Gasteiger partial charge is 0.461 e. The predicted molar refractivity (Wildman–Crippen MR) is 89.8 cm³/mol. The van der Waals surface area contributed by atoms with Crippen molar-refractivity contribution in [2.24, 2.45) is 0 Å². The van der Waals surface area contributed by atoms with Crippen LogP contribution in [0.25, 0.3) is 0 Å². The van der Waals surface area contributed by atoms with Gasteiger partial charge in [0.25, 0.3) is 0 Å². The first-order valence-corrected chi connectivity index (χ1v) is 8.74. The highest BCUT2D eigenvalue weighted by atomic mass is 16.7. The van der Waals surface area contributed by atoms with Crippen molar-refractivity contribution in [1.29, 1.82) is 0 Å². The Balaban J connectivity index is 2.66. The van der Waals surface area contributed by atoms with Gasteiger partial charge in [0.2, 0.25) is 0 Å². The summed E-state index contributed by atoms with van der Waals surface area (Å²) in [4.78, 5) is 11.9. The number of esters is 1. The summed E-state index contributed by atoms with van der Waals surface area (Å²) < 4.78 is 17.4. The molecule has 0 radical (unpaired) electrons. The Kier molecular flexibility index (Phi) is 7.40. The van der Waals surface area contributed by atoms with E-state index in [2.05, 4.69) is 6.92 Å². The molecule has 0 aromatic carbocycles. The highest BCUT2D eigenvalue weighted by Crippen LogP contribution is 2.42. The van der Waals surface area contributed by atoms with Gasteiger partial charge < -0.3 is 14.0 Å². The zero-order chi connectivity index (χ0) is 16.8. The second-order valence-electron chi connectivity index (χ2n) is 7.24. The van der Waals surface area contributed by atoms with Gasteiger partial charge in [-0.05, 0) is 34.6 Å². The summed E-state index contributed by atoms with van der Waals surface area (Å²) in [6.45, 7) is 12.6. The van der Waals surface area contributed by atoms with Gasteiger partial charge in [-0.1, -0.05) is 39.0 Å². The molecule has 0 aromatic heterocycles. The molecule has 128 valence electrons. The highest BCUT2D eigenvalue weighted by Gasteiger charge is 2.53. The third kappa shape index (κ3) is 5.27. The zero-order valence-corrected chi connectivity index (χ0v) is 15.2. The van der Waals surface area contributed by atoms with Crippen molar-refractivity contribution in [3.05, 3.63) is 0 Å². The molecule has 0 bridgehead atoms. The van der Waals surface area contributed by atoms with Crippen LogP contribution in [0.4, 0.5) is 0 Å². The van der Waals surface area contributed by atoms with Crippen LogP contribution in [0.5, 0.6) is 0 Å². The van der Waals surface area contributed by atoms with Crippen LogP contribution in [-0.4, -0.2) is 30.9 Å². The maximum Gasteiger partial charge on any atom is 0.461 e. The Morgan fingerprint density at radius 3 is 2.14 bits per heavy atom. The third-order valence-corrected chi connectivity index (χ3v) is 4.82. The van der Waals surface area contributed by atoms with Gasteiger partial charge in [-0.2, -0.15) is 0 Å². The van der Waals surface area contributed by atoms with Crippen LogP contribution in [0, 0.1) is 0 Å². The minimum atomic E-state index is -0.353. The lowest BCUT2D eigenvalue weighted by Crippen LogP contribution is -2.41. The number of unbranched alkanes of at least 4 members (excludes halogenated alkanes) is 3. The van der Waals surface area contributed by atoms with E-state index in [1.54, 1.807) is 0 Å². The van der Waals surface area contributed by atoms with Crippen LogP contribution in [0.1, 0.15) is 80.1 Å². The van der Waals surface area contributed by atoms with Crippen molar-refractivity contribution in [2.45, 2.75) is 97.1 Å². The fourth-order valence-electron chi connectivity index (χ4n) is 2.68. The first-order valence-electron chi connectivity index (χ1n) is 8.74. The normalized spacial score (nSPS) is 20.9. The standard InChI is InChI=1S/C17H33BO4/c1-7-9-10-11-12-14(13-15(19)20-8-2)18-21-16(3,4)17(5,6)22-18/h14H,7-13H2,1-6H3/t14-/m1/s1. The van der Waals surface area contributed by atoms with Crippen molar-refractivity contribution < 1.29 is 18.8 Å². The number of hydrogen-bond donors (Lipinski definition) is 0. The molecular formula is C17H33BO4. The number of carbonyl (C=O) groups is 1. The molecule has 5 heteroatoms. The number of rotatable bonds is 9. The van der Waals surface area contributed by atoms with Gasteiger partial charge in [-0.25, -0.2) is 0 Å². The van der Waals surface area contributed by atoms with Crippen LogP contribution in [0.2, 0.25) is 5.82 Å². The Labute approximate surface area is 136 Å². The molecule has 0 unspecified atom stereocenters. The second-order valence-corrected chi connectivity index (χ2v) is 7.24. The lowest BCUT2D eigenvalue weighted by Gasteiger charge is -2.32. The molecule has 1 heterocycles. The van der Waals surface area contributed by atoms with E-state index in [9.17, 15) is 4.79 Å². The molecular weight excluding hydrogens is 279 g/mol. The molecule has 1 rings (SSSR count). The molecule has 1 saturated heterocycles. The van der Waals surface area contributed by atoms with Crippen molar-refractivity contribution >= 4 is 13.1 Å². The van der Waals surface area contributed by atoms with Crippen LogP contribution >= 0.6 is 0 Å². The van der Waals surface area contributed by atoms with E-state index >= 15 is 0 Å². The van der Waals surface area contributed by atoms with E-state index in [4.69, 9.17) is 14.0 Å². The molecule has 1 aliphatic rings. The molecule has 0 N–H and O–H groups in total. The van der Waals surface area contributed by atoms with Crippen molar-refractivity contribution in [1.82, 2.24) is 0 Å². The molecule has 0 saturated carbocycles. The Morgan fingerprint density at radius 1 is 1.05 bits per heavy atom. The fraction of sp³-hybridized carbons (Fsp3) is 0.941. The largest absolute Gasteiger partial charge is 0.466 e. The lowest BCUT2D eigenvalue weighted by atomic mass is 9.67. The minimum absolute atomic E-state index is 0.0666. The van der Waals surface area contributed by atoms with Crippen LogP contribution in [-0.2, 0) is 18.8 Å². The summed E-state index contributed by atoms with van der Waals surface area (Å²) in [5.74, 6) is -0.0883. The molecule has 0 spiro atoms. The Morgan fingerprint density at radius 2 is 1.64 bits per heavy atom. The average Bonchev–Trinajstić information content (AvgIpc) is 2.62. The van der Waals surface area contributed by atoms with E-state index in [1.165, 1.54) is 19.3 Å². The van der Waals surface area contributed by atoms with Gasteiger partial charge in [0.15, 0.2) is 0 Å². The maximum absolute atomic E-state index is 11.9. The second kappa shape index (κ2) is 8.35. The van der Waals surface area contributed by atoms with Crippen LogP contribution < -0.4 is 0 Å². The highest BCUT2D eigenvalue weighted by molar-refractivity contribution is 6.47. The van der Waals surface area contributed by atoms with Crippen LogP contribution in [0.3, 0.4) is 0 Å². The summed E-state index contributed by atoms with van der Waals surface area (Å²) in [5, 5.41) is 0. The monoisotopic (exact) mass is 312 g/mol. The van der Waals surface area contributed by atoms with Crippen molar-refractivity contribution in [3.8, 4) is 0 Å². The summed E-state index contributed by atoms with van der Waals surface area (Å²) >= 11 is 0. The molecule has 0 aromatic rings. The number of ether oxygens (including phenoxy) is 1. The topological polar surface area (TPSA) is 44.8 Å². The summed E-state index contributed by atoms with van der Waals surface area (Å²) in [6, 6.07) is 0. The number of hydrogen-bond acceptors (Lipinski definition) is 4. The average molecular weight is 312 g/mol. The maximum atomic E-state index is 11.9. The van der Waals surface area contributed by atoms with E-state index < -0.39 is 0 Å². The zero-order valence-electron chi connectivity index (χ0n) is 15.2. The Bertz CT molecular complexity index is 339. The SMILES string of the molecule is CCCCCC[C@H](CC(=O)OCC)B1OC(C)(C)C(C)(C)O1. The van der Waals surface area contributed by atoms with Gasteiger partial charge in [-0.3, -0.25) is 4.79 Å². The molecule has 22 heavy (non-hydrogen) atoms. The predicted octanol–water partition coefficient (Wildman–Crippen LogP) is 4.37. The van der Waals surface area contributed by atoms with Gasteiger partial charge in [0, 0.05) is 12.2 Å². The van der Waals surface area contributed by atoms with Crippen molar-refractivity contribution in [3.63, 3.8) is 0 Å². The lowest BCUT2D eigenvalue weighted by molar-refractivity contribution is -0.143. The van der Waals surface area contributed by atoms with Gasteiger partial charge in [0.05, 0.1) is 17.8 Å². The van der Waals surface area contributed by atoms with E-state index in [0.29, 0.717) is 13.0 Å². The first-order chi connectivity index (χ1) is 10.2. The van der Waals surface area contributed by atoms with E-state index in [0.717, 1.165) is 12.8 Å². The molecule has 1 aliphatic heterocycles. The van der Waals surface area contributed by atoms with Crippen LogP contribution in [0.15, 0.2) is 0 Å². The van der Waals surface area contributed by atoms with Gasteiger partial charge >= 0.3 is 13.1 Å². The summed E-state index contributed by atoms with van der Waals surface area (Å²) in [5.41, 5.74) is -0.706. The third-order valence-electron chi connectivity index (χ3n) is 4.82. The van der Waals surface area contributed by atoms with E-state index in [1.807, 2.05) is 34.6 Å². The molecule has 0 aliphatic carbocycles. The quantitative estimate of drug-likeness (QED) is 0.360. The molecule has 0 amide bonds. The molecule has 1 atom stereocenters. The van der Waals surface area contributed by atoms with E-state index in [-0.39, 0.29) is 30.1 Å². The first kappa shape index (κ1) is 19.5. The van der Waals surface area contributed by atoms with Gasteiger partial charge in [-0.15, -0.1) is 0 Å². The summed E-state index contributed by atoms with van der Waals surface area (Å²) in [6.07, 6.45) is 6.04. The van der Waals surface area contributed by atoms with Crippen molar-refractivity contribution in [2.75, 3.05) is 6.61 Å². The fourth-order valence-corrected chi connectivity index (χ4v) is 2.68. The minimum Gasteiger partial charge on any atom is -0.466 e. The summed E-state index contributed by atoms with van der Waals surface area (Å²) in [7, 11) is -0.323. The van der Waals surface area contributed by atoms with Gasteiger partial charge in [0.1, 0.15) is 0 Å². The molecule has 4 nitrogen and oxygen atoms in total. The number of carbonyl (C=O) groups excluding carboxylic acids is 1.